The maximum absolute atomic E-state index is 5.54. The average molecular weight is 254 g/mol. The van der Waals surface area contributed by atoms with Crippen LogP contribution in [0.2, 0.25) is 0 Å². The van der Waals surface area contributed by atoms with Crippen molar-refractivity contribution in [1.29, 1.82) is 0 Å². The molecule has 0 aliphatic carbocycles. The predicted octanol–water partition coefficient (Wildman–Crippen LogP) is 0.433. The second-order valence-electron chi connectivity index (χ2n) is 4.87. The lowest BCUT2D eigenvalue weighted by molar-refractivity contribution is 0.114. The molecule has 1 aliphatic rings. The standard InChI is InChI=1S/C12H22N4S/c1-15-5-6-16(2)11(8-15)7-12-14-10(3-4-13)9-17-12/h9,11H,3-8,13H2,1-2H3. The smallest absolute Gasteiger partial charge is 0.0944 e. The fourth-order valence-electron chi connectivity index (χ4n) is 2.23. The van der Waals surface area contributed by atoms with Gasteiger partial charge >= 0.3 is 0 Å². The van der Waals surface area contributed by atoms with Crippen LogP contribution in [0.3, 0.4) is 0 Å². The van der Waals surface area contributed by atoms with E-state index in [1.807, 2.05) is 0 Å². The quantitative estimate of drug-likeness (QED) is 0.846. The highest BCUT2D eigenvalue weighted by atomic mass is 32.1. The molecule has 0 bridgehead atoms. The second-order valence-corrected chi connectivity index (χ2v) is 5.81. The third-order valence-electron chi connectivity index (χ3n) is 3.39. The summed E-state index contributed by atoms with van der Waals surface area (Å²) in [7, 11) is 4.41. The largest absolute Gasteiger partial charge is 0.330 e. The predicted molar refractivity (Wildman–Crippen MR) is 72.5 cm³/mol. The molecule has 0 saturated carbocycles. The van der Waals surface area contributed by atoms with Crippen molar-refractivity contribution in [3.8, 4) is 0 Å². The number of piperazine rings is 1. The van der Waals surface area contributed by atoms with Crippen molar-refractivity contribution in [2.45, 2.75) is 18.9 Å². The van der Waals surface area contributed by atoms with Crippen LogP contribution < -0.4 is 5.73 Å². The molecule has 5 heteroatoms. The molecule has 2 rings (SSSR count). The van der Waals surface area contributed by atoms with Gasteiger partial charge in [0.1, 0.15) is 0 Å². The van der Waals surface area contributed by atoms with Crippen molar-refractivity contribution in [2.75, 3.05) is 40.3 Å². The molecule has 96 valence electrons. The summed E-state index contributed by atoms with van der Waals surface area (Å²) in [5.74, 6) is 0. The zero-order valence-electron chi connectivity index (χ0n) is 10.7. The van der Waals surface area contributed by atoms with Crippen molar-refractivity contribution in [1.82, 2.24) is 14.8 Å². The molecule has 1 saturated heterocycles. The van der Waals surface area contributed by atoms with Crippen molar-refractivity contribution < 1.29 is 0 Å². The Bertz CT molecular complexity index is 352. The summed E-state index contributed by atoms with van der Waals surface area (Å²) in [5.41, 5.74) is 6.70. The fourth-order valence-corrected chi connectivity index (χ4v) is 3.13. The second kappa shape index (κ2) is 5.91. The summed E-state index contributed by atoms with van der Waals surface area (Å²) < 4.78 is 0. The van der Waals surface area contributed by atoms with E-state index in [1.165, 1.54) is 11.6 Å². The van der Waals surface area contributed by atoms with Crippen LogP contribution >= 0.6 is 11.3 Å². The lowest BCUT2D eigenvalue weighted by Gasteiger charge is -2.37. The monoisotopic (exact) mass is 254 g/mol. The minimum Gasteiger partial charge on any atom is -0.330 e. The Kier molecular flexibility index (Phi) is 4.50. The summed E-state index contributed by atoms with van der Waals surface area (Å²) in [6, 6.07) is 0.602. The summed E-state index contributed by atoms with van der Waals surface area (Å²) in [6.07, 6.45) is 1.97. The van der Waals surface area contributed by atoms with Crippen LogP contribution in [0.5, 0.6) is 0 Å². The molecule has 0 amide bonds. The third kappa shape index (κ3) is 3.48. The third-order valence-corrected chi connectivity index (χ3v) is 4.31. The maximum Gasteiger partial charge on any atom is 0.0944 e. The molecule has 0 aromatic carbocycles. The van der Waals surface area contributed by atoms with E-state index in [2.05, 4.69) is 34.3 Å². The van der Waals surface area contributed by atoms with Gasteiger partial charge in [0.25, 0.3) is 0 Å². The van der Waals surface area contributed by atoms with Crippen LogP contribution in [0.4, 0.5) is 0 Å². The fraction of sp³-hybridized carbons (Fsp3) is 0.750. The Balaban J connectivity index is 1.94. The van der Waals surface area contributed by atoms with Crippen LogP contribution in [0, 0.1) is 0 Å². The van der Waals surface area contributed by atoms with Crippen molar-refractivity contribution in [2.24, 2.45) is 5.73 Å². The Morgan fingerprint density at radius 3 is 3.06 bits per heavy atom. The molecule has 0 radical (unpaired) electrons. The zero-order chi connectivity index (χ0) is 12.3. The first-order chi connectivity index (χ1) is 8.19. The minimum atomic E-state index is 0.602. The van der Waals surface area contributed by atoms with Gasteiger partial charge in [-0.15, -0.1) is 11.3 Å². The molecule has 17 heavy (non-hydrogen) atoms. The minimum absolute atomic E-state index is 0.602. The van der Waals surface area contributed by atoms with E-state index in [4.69, 9.17) is 5.73 Å². The highest BCUT2D eigenvalue weighted by Gasteiger charge is 2.23. The van der Waals surface area contributed by atoms with Gasteiger partial charge in [-0.05, 0) is 20.6 Å². The average Bonchev–Trinajstić information content (AvgIpc) is 2.72. The van der Waals surface area contributed by atoms with Crippen molar-refractivity contribution in [3.05, 3.63) is 16.1 Å². The summed E-state index contributed by atoms with van der Waals surface area (Å²) in [4.78, 5) is 9.50. The highest BCUT2D eigenvalue weighted by molar-refractivity contribution is 7.09. The molecule has 2 N–H and O–H groups in total. The molecule has 1 aromatic heterocycles. The highest BCUT2D eigenvalue weighted by Crippen LogP contribution is 2.16. The molecule has 4 nitrogen and oxygen atoms in total. The first-order valence-electron chi connectivity index (χ1n) is 6.21. The van der Waals surface area contributed by atoms with Crippen LogP contribution in [0.15, 0.2) is 5.38 Å². The summed E-state index contributed by atoms with van der Waals surface area (Å²) in [6.45, 7) is 4.16. The number of aromatic nitrogens is 1. The van der Waals surface area contributed by atoms with Gasteiger partial charge in [-0.3, -0.25) is 0 Å². The van der Waals surface area contributed by atoms with Crippen LogP contribution in [-0.2, 0) is 12.8 Å². The molecule has 1 aliphatic heterocycles. The van der Waals surface area contributed by atoms with E-state index in [9.17, 15) is 0 Å². The number of hydrogen-bond donors (Lipinski definition) is 1. The van der Waals surface area contributed by atoms with Crippen molar-refractivity contribution in [3.63, 3.8) is 0 Å². The Labute approximate surface area is 107 Å². The Morgan fingerprint density at radius 2 is 2.29 bits per heavy atom. The molecule has 1 fully saturated rings. The van der Waals surface area contributed by atoms with E-state index < -0.39 is 0 Å². The molecular formula is C12H22N4S. The van der Waals surface area contributed by atoms with Crippen LogP contribution in [-0.4, -0.2) is 61.1 Å². The number of nitrogens with zero attached hydrogens (tertiary/aromatic N) is 3. The zero-order valence-corrected chi connectivity index (χ0v) is 11.5. The molecule has 1 aromatic rings. The molecule has 1 unspecified atom stereocenters. The van der Waals surface area contributed by atoms with Crippen LogP contribution in [0.1, 0.15) is 10.7 Å². The first-order valence-corrected chi connectivity index (χ1v) is 7.09. The van der Waals surface area contributed by atoms with E-state index in [-0.39, 0.29) is 0 Å². The van der Waals surface area contributed by atoms with Crippen LogP contribution in [0.25, 0.3) is 0 Å². The molecule has 1 atom stereocenters. The van der Waals surface area contributed by atoms with Gasteiger partial charge in [0.05, 0.1) is 10.7 Å². The maximum atomic E-state index is 5.54. The van der Waals surface area contributed by atoms with Gasteiger partial charge in [0.2, 0.25) is 0 Å². The van der Waals surface area contributed by atoms with Gasteiger partial charge in [-0.1, -0.05) is 0 Å². The van der Waals surface area contributed by atoms with E-state index in [0.717, 1.165) is 31.6 Å². The first kappa shape index (κ1) is 13.0. The Morgan fingerprint density at radius 1 is 1.47 bits per heavy atom. The number of nitrogens with two attached hydrogens (primary N) is 1. The number of thiazole rings is 1. The molecule has 0 spiro atoms. The van der Waals surface area contributed by atoms with E-state index >= 15 is 0 Å². The number of likely N-dealkylation sites (N-methyl/N-ethyl adjacent to an activating group) is 2. The lowest BCUT2D eigenvalue weighted by atomic mass is 10.1. The summed E-state index contributed by atoms with van der Waals surface area (Å²) in [5, 5.41) is 3.40. The van der Waals surface area contributed by atoms with Gasteiger partial charge < -0.3 is 15.5 Å². The molecule has 2 heterocycles. The summed E-state index contributed by atoms with van der Waals surface area (Å²) >= 11 is 1.77. The lowest BCUT2D eigenvalue weighted by Crippen LogP contribution is -2.50. The topological polar surface area (TPSA) is 45.4 Å². The van der Waals surface area contributed by atoms with E-state index in [0.29, 0.717) is 12.6 Å². The SMILES string of the molecule is CN1CCN(C)C(Cc2nc(CCN)cs2)C1. The normalized spacial score (nSPS) is 23.1. The van der Waals surface area contributed by atoms with Gasteiger partial charge in [0, 0.05) is 43.9 Å². The molecular weight excluding hydrogens is 232 g/mol. The van der Waals surface area contributed by atoms with Gasteiger partial charge in [-0.2, -0.15) is 0 Å². The number of rotatable bonds is 4. The van der Waals surface area contributed by atoms with Gasteiger partial charge in [-0.25, -0.2) is 4.98 Å². The number of hydrogen-bond acceptors (Lipinski definition) is 5. The van der Waals surface area contributed by atoms with E-state index in [1.54, 1.807) is 11.3 Å². The Hall–Kier alpha value is -0.490. The van der Waals surface area contributed by atoms with Crippen molar-refractivity contribution >= 4 is 11.3 Å². The van der Waals surface area contributed by atoms with Gasteiger partial charge in [0.15, 0.2) is 0 Å².